The number of carbonyl (C=O) groups excluding carboxylic acids is 2. The molecule has 0 unspecified atom stereocenters. The van der Waals surface area contributed by atoms with Crippen molar-refractivity contribution in [1.82, 2.24) is 20.1 Å². The van der Waals surface area contributed by atoms with E-state index in [9.17, 15) is 18.4 Å². The highest BCUT2D eigenvalue weighted by molar-refractivity contribution is 9.10. The van der Waals surface area contributed by atoms with E-state index in [1.54, 1.807) is 23.7 Å². The van der Waals surface area contributed by atoms with Crippen LogP contribution in [0.2, 0.25) is 10.0 Å². The van der Waals surface area contributed by atoms with Crippen molar-refractivity contribution in [1.29, 1.82) is 0 Å². The molecule has 192 valence electrons. The highest BCUT2D eigenvalue weighted by Gasteiger charge is 2.25. The lowest BCUT2D eigenvalue weighted by Gasteiger charge is -2.20. The van der Waals surface area contributed by atoms with Crippen LogP contribution in [-0.2, 0) is 11.8 Å². The first kappa shape index (κ1) is 28.4. The predicted molar refractivity (Wildman–Crippen MR) is 141 cm³/mol. The average molecular weight is 621 g/mol. The molecule has 13 heteroatoms. The number of thioether (sulfide) groups is 1. The van der Waals surface area contributed by atoms with Crippen molar-refractivity contribution in [2.75, 3.05) is 11.1 Å². The number of rotatable bonds is 9. The summed E-state index contributed by atoms with van der Waals surface area (Å²) in [6.45, 7) is 4.02. The van der Waals surface area contributed by atoms with Gasteiger partial charge in [0.1, 0.15) is 5.82 Å². The Hall–Kier alpha value is -2.21. The van der Waals surface area contributed by atoms with Crippen LogP contribution in [0.4, 0.5) is 14.5 Å². The van der Waals surface area contributed by atoms with E-state index < -0.39 is 23.6 Å². The highest BCUT2D eigenvalue weighted by atomic mass is 79.9. The predicted octanol–water partition coefficient (Wildman–Crippen LogP) is 6.41. The van der Waals surface area contributed by atoms with Gasteiger partial charge >= 0.3 is 0 Å². The molecule has 0 aliphatic heterocycles. The van der Waals surface area contributed by atoms with E-state index in [2.05, 4.69) is 36.8 Å². The third-order valence-electron chi connectivity index (χ3n) is 4.97. The van der Waals surface area contributed by atoms with E-state index in [1.807, 2.05) is 13.8 Å². The quantitative estimate of drug-likeness (QED) is 0.270. The van der Waals surface area contributed by atoms with Crippen molar-refractivity contribution in [2.24, 2.45) is 13.0 Å². The number of benzene rings is 2. The van der Waals surface area contributed by atoms with Crippen LogP contribution in [0.1, 0.15) is 42.5 Å². The zero-order valence-electron chi connectivity index (χ0n) is 19.4. The standard InChI is InChI=1S/C23H22BrCl2F2N5O2S/c1-11(2)6-18(29-22(35)14-5-4-12(25)7-16(14)26)21-31-32-23(33(21)3)36-10-19(34)30-20-15(24)8-13(27)9-17(20)28/h4-5,7-9,11,18H,6,10H2,1-3H3,(H,29,35)(H,30,34)/t18-/m1/s1. The minimum absolute atomic E-state index is 0.0901. The maximum atomic E-state index is 14.0. The molecule has 2 aromatic carbocycles. The van der Waals surface area contributed by atoms with Crippen LogP contribution in [0.5, 0.6) is 0 Å². The molecular weight excluding hydrogens is 599 g/mol. The third-order valence-corrected chi connectivity index (χ3v) is 7.17. The van der Waals surface area contributed by atoms with Gasteiger partial charge in [-0.2, -0.15) is 0 Å². The van der Waals surface area contributed by atoms with Gasteiger partial charge in [0.05, 0.1) is 28.1 Å². The fourth-order valence-corrected chi connectivity index (χ4v) is 5.05. The van der Waals surface area contributed by atoms with Crippen LogP contribution in [0.3, 0.4) is 0 Å². The highest BCUT2D eigenvalue weighted by Crippen LogP contribution is 2.28. The molecule has 0 spiro atoms. The first-order valence-corrected chi connectivity index (χ1v) is 13.2. The Labute approximate surface area is 229 Å². The summed E-state index contributed by atoms with van der Waals surface area (Å²) in [6, 6.07) is 5.89. The third kappa shape index (κ3) is 7.18. The number of amides is 2. The normalized spacial score (nSPS) is 12.0. The summed E-state index contributed by atoms with van der Waals surface area (Å²) in [7, 11) is 1.72. The molecule has 0 aliphatic rings. The summed E-state index contributed by atoms with van der Waals surface area (Å²) in [4.78, 5) is 25.3. The number of carbonyl (C=O) groups is 2. The lowest BCUT2D eigenvalue weighted by Crippen LogP contribution is -2.31. The van der Waals surface area contributed by atoms with Crippen molar-refractivity contribution < 1.29 is 18.4 Å². The van der Waals surface area contributed by atoms with Crippen LogP contribution in [0, 0.1) is 17.6 Å². The van der Waals surface area contributed by atoms with Crippen LogP contribution < -0.4 is 10.6 Å². The molecule has 1 aromatic heterocycles. The fraction of sp³-hybridized carbons (Fsp3) is 0.304. The molecule has 1 atom stereocenters. The lowest BCUT2D eigenvalue weighted by atomic mass is 10.0. The molecule has 0 saturated carbocycles. The van der Waals surface area contributed by atoms with Gasteiger partial charge in [-0.1, -0.05) is 48.8 Å². The average Bonchev–Trinajstić information content (AvgIpc) is 3.14. The molecule has 0 radical (unpaired) electrons. The molecule has 2 amide bonds. The summed E-state index contributed by atoms with van der Waals surface area (Å²) in [5.74, 6) is -1.94. The molecule has 36 heavy (non-hydrogen) atoms. The van der Waals surface area contributed by atoms with E-state index in [0.717, 1.165) is 17.8 Å². The number of anilines is 1. The molecule has 0 fully saturated rings. The van der Waals surface area contributed by atoms with Crippen molar-refractivity contribution >= 4 is 68.4 Å². The minimum Gasteiger partial charge on any atom is -0.342 e. The Morgan fingerprint density at radius 3 is 2.53 bits per heavy atom. The van der Waals surface area contributed by atoms with Gasteiger partial charge in [0.2, 0.25) is 5.91 Å². The number of nitrogens with zero attached hydrogens (tertiary/aromatic N) is 3. The lowest BCUT2D eigenvalue weighted by molar-refractivity contribution is -0.113. The molecule has 0 aliphatic carbocycles. The molecule has 1 heterocycles. The number of aromatic nitrogens is 3. The second-order valence-electron chi connectivity index (χ2n) is 8.26. The SMILES string of the molecule is CC(C)C[C@@H](NC(=O)c1ccc(Cl)cc1Cl)c1nnc(SCC(=O)Nc2c(F)cc(F)cc2Br)n1C. The number of nitrogens with one attached hydrogen (secondary N) is 2. The molecule has 0 saturated heterocycles. The second kappa shape index (κ2) is 12.4. The number of halogens is 5. The van der Waals surface area contributed by atoms with Gasteiger partial charge in [0.15, 0.2) is 16.8 Å². The van der Waals surface area contributed by atoms with Crippen molar-refractivity contribution in [2.45, 2.75) is 31.5 Å². The Morgan fingerprint density at radius 2 is 1.89 bits per heavy atom. The van der Waals surface area contributed by atoms with E-state index in [4.69, 9.17) is 23.2 Å². The van der Waals surface area contributed by atoms with Gasteiger partial charge < -0.3 is 15.2 Å². The largest absolute Gasteiger partial charge is 0.342 e. The first-order chi connectivity index (χ1) is 17.0. The van der Waals surface area contributed by atoms with Gasteiger partial charge in [0.25, 0.3) is 5.91 Å². The molecule has 7 nitrogen and oxygen atoms in total. The van der Waals surface area contributed by atoms with Crippen LogP contribution >= 0.6 is 50.9 Å². The smallest absolute Gasteiger partial charge is 0.253 e. The van der Waals surface area contributed by atoms with Crippen LogP contribution in [0.25, 0.3) is 0 Å². The summed E-state index contributed by atoms with van der Waals surface area (Å²) in [6.07, 6.45) is 0.575. The Bertz CT molecular complexity index is 1270. The van der Waals surface area contributed by atoms with E-state index in [-0.39, 0.29) is 38.3 Å². The van der Waals surface area contributed by atoms with Crippen molar-refractivity contribution in [3.8, 4) is 0 Å². The second-order valence-corrected chi connectivity index (χ2v) is 10.9. The van der Waals surface area contributed by atoms with Crippen molar-refractivity contribution in [3.05, 3.63) is 67.9 Å². The molecule has 2 N–H and O–H groups in total. The molecular formula is C23H22BrCl2F2N5O2S. The van der Waals surface area contributed by atoms with Gasteiger partial charge in [-0.05, 0) is 52.5 Å². The fourth-order valence-electron chi connectivity index (χ4n) is 3.33. The zero-order valence-corrected chi connectivity index (χ0v) is 23.3. The Kier molecular flexibility index (Phi) is 9.73. The van der Waals surface area contributed by atoms with E-state index in [1.165, 1.54) is 6.07 Å². The summed E-state index contributed by atoms with van der Waals surface area (Å²) < 4.78 is 29.0. The maximum absolute atomic E-state index is 14.0. The van der Waals surface area contributed by atoms with Gasteiger partial charge in [-0.25, -0.2) is 8.78 Å². The van der Waals surface area contributed by atoms with E-state index in [0.29, 0.717) is 28.5 Å². The van der Waals surface area contributed by atoms with Gasteiger partial charge in [-0.3, -0.25) is 9.59 Å². The molecule has 3 rings (SSSR count). The van der Waals surface area contributed by atoms with Crippen LogP contribution in [-0.4, -0.2) is 32.3 Å². The number of hydrogen-bond donors (Lipinski definition) is 2. The summed E-state index contributed by atoms with van der Waals surface area (Å²) in [5, 5.41) is 14.8. The zero-order chi connectivity index (χ0) is 26.6. The molecule has 3 aromatic rings. The summed E-state index contributed by atoms with van der Waals surface area (Å²) >= 11 is 16.2. The monoisotopic (exact) mass is 619 g/mol. The minimum atomic E-state index is -0.894. The maximum Gasteiger partial charge on any atom is 0.253 e. The topological polar surface area (TPSA) is 88.9 Å². The Balaban J connectivity index is 1.72. The Morgan fingerprint density at radius 1 is 1.17 bits per heavy atom. The van der Waals surface area contributed by atoms with Crippen molar-refractivity contribution in [3.63, 3.8) is 0 Å². The molecule has 0 bridgehead atoms. The van der Waals surface area contributed by atoms with E-state index >= 15 is 0 Å². The van der Waals surface area contributed by atoms with Gasteiger partial charge in [-0.15, -0.1) is 10.2 Å². The first-order valence-electron chi connectivity index (χ1n) is 10.7. The van der Waals surface area contributed by atoms with Crippen LogP contribution in [0.15, 0.2) is 40.0 Å². The number of hydrogen-bond acceptors (Lipinski definition) is 5. The summed E-state index contributed by atoms with van der Waals surface area (Å²) in [5.41, 5.74) is 0.128. The van der Waals surface area contributed by atoms with Gasteiger partial charge in [0, 0.05) is 22.6 Å².